The topological polar surface area (TPSA) is 78.1 Å². The highest BCUT2D eigenvalue weighted by molar-refractivity contribution is 5.82. The molecule has 3 rings (SSSR count). The lowest BCUT2D eigenvalue weighted by atomic mass is 9.81. The van der Waals surface area contributed by atoms with Gasteiger partial charge in [0, 0.05) is 19.5 Å². The number of nitrogens with one attached hydrogen (secondary N) is 2. The van der Waals surface area contributed by atoms with Gasteiger partial charge < -0.3 is 15.2 Å². The smallest absolute Gasteiger partial charge is 0.258 e. The highest BCUT2D eigenvalue weighted by atomic mass is 16.2. The lowest BCUT2D eigenvalue weighted by Gasteiger charge is -2.38. The second kappa shape index (κ2) is 7.35. The molecule has 1 aliphatic heterocycles. The average molecular weight is 342 g/mol. The monoisotopic (exact) mass is 342 g/mol. The molecule has 6 heteroatoms. The maximum atomic E-state index is 12.6. The van der Waals surface area contributed by atoms with Crippen LogP contribution in [0, 0.1) is 5.41 Å². The molecule has 0 bridgehead atoms. The van der Waals surface area contributed by atoms with Crippen molar-refractivity contribution < 1.29 is 4.79 Å². The van der Waals surface area contributed by atoms with Gasteiger partial charge in [0.25, 0.3) is 5.56 Å². The summed E-state index contributed by atoms with van der Waals surface area (Å²) < 4.78 is 0. The number of benzene rings is 1. The number of fused-ring (bicyclic) bond motifs is 1. The van der Waals surface area contributed by atoms with E-state index in [9.17, 15) is 9.59 Å². The van der Waals surface area contributed by atoms with Gasteiger partial charge >= 0.3 is 0 Å². The molecule has 25 heavy (non-hydrogen) atoms. The van der Waals surface area contributed by atoms with E-state index < -0.39 is 0 Å². The molecule has 0 saturated carbocycles. The number of aromatic nitrogens is 2. The maximum Gasteiger partial charge on any atom is 0.258 e. The van der Waals surface area contributed by atoms with Crippen molar-refractivity contribution >= 4 is 16.8 Å². The number of nitrogens with zero attached hydrogens (tertiary/aromatic N) is 2. The fourth-order valence-corrected chi connectivity index (χ4v) is 3.56. The molecule has 1 aliphatic rings. The molecule has 0 aliphatic carbocycles. The van der Waals surface area contributed by atoms with Crippen LogP contribution in [-0.2, 0) is 11.2 Å². The molecule has 1 aromatic carbocycles. The first-order valence-corrected chi connectivity index (χ1v) is 9.00. The minimum atomic E-state index is -0.335. The van der Waals surface area contributed by atoms with Crippen molar-refractivity contribution in [3.05, 3.63) is 40.4 Å². The highest BCUT2D eigenvalue weighted by Crippen LogP contribution is 2.29. The standard InChI is InChI=1S/C19H26N4O2/c1-3-23-12-6-10-19(2,13-23)18(25)20-11-9-16-21-15-8-5-4-7-14(15)17(24)22-16/h4-5,7-8H,3,6,9-13H2,1-2H3,(H,20,25)(H,21,22,24)/t19-/m1/s1. The Balaban J connectivity index is 1.61. The Hall–Kier alpha value is -2.21. The van der Waals surface area contributed by atoms with E-state index in [-0.39, 0.29) is 16.9 Å². The zero-order valence-corrected chi connectivity index (χ0v) is 15.0. The Bertz CT molecular complexity index is 816. The summed E-state index contributed by atoms with van der Waals surface area (Å²) in [4.78, 5) is 34.3. The Morgan fingerprint density at radius 3 is 3.00 bits per heavy atom. The SMILES string of the molecule is CCN1CCC[C@@](C)(C(=O)NCCc2nc3ccccc3c(=O)[nH]2)C1. The van der Waals surface area contributed by atoms with E-state index in [1.54, 1.807) is 6.07 Å². The van der Waals surface area contributed by atoms with Gasteiger partial charge in [-0.3, -0.25) is 9.59 Å². The first-order chi connectivity index (χ1) is 12.0. The number of carbonyl (C=O) groups is 1. The first kappa shape index (κ1) is 17.6. The summed E-state index contributed by atoms with van der Waals surface area (Å²) in [5, 5.41) is 3.61. The van der Waals surface area contributed by atoms with E-state index in [2.05, 4.69) is 27.1 Å². The quantitative estimate of drug-likeness (QED) is 0.867. The van der Waals surface area contributed by atoms with Gasteiger partial charge in [-0.05, 0) is 45.0 Å². The second-order valence-corrected chi connectivity index (χ2v) is 7.07. The Morgan fingerprint density at radius 1 is 1.40 bits per heavy atom. The minimum absolute atomic E-state index is 0.0915. The normalized spacial score (nSPS) is 21.4. The predicted molar refractivity (Wildman–Crippen MR) is 98.5 cm³/mol. The van der Waals surface area contributed by atoms with Crippen LogP contribution in [0.25, 0.3) is 10.9 Å². The van der Waals surface area contributed by atoms with Gasteiger partial charge in [0.05, 0.1) is 16.3 Å². The molecule has 0 spiro atoms. The van der Waals surface area contributed by atoms with Crippen molar-refractivity contribution in [2.75, 3.05) is 26.2 Å². The summed E-state index contributed by atoms with van der Waals surface area (Å²) in [6, 6.07) is 7.28. The number of rotatable bonds is 5. The summed E-state index contributed by atoms with van der Waals surface area (Å²) >= 11 is 0. The van der Waals surface area contributed by atoms with Gasteiger partial charge in [-0.15, -0.1) is 0 Å². The van der Waals surface area contributed by atoms with Gasteiger partial charge in [-0.1, -0.05) is 19.1 Å². The predicted octanol–water partition coefficient (Wildman–Crippen LogP) is 1.70. The van der Waals surface area contributed by atoms with Crippen molar-refractivity contribution in [3.63, 3.8) is 0 Å². The third kappa shape index (κ3) is 3.90. The number of H-pyrrole nitrogens is 1. The molecule has 2 heterocycles. The first-order valence-electron chi connectivity index (χ1n) is 9.00. The van der Waals surface area contributed by atoms with Crippen molar-refractivity contribution in [1.29, 1.82) is 0 Å². The molecule has 0 radical (unpaired) electrons. The van der Waals surface area contributed by atoms with Gasteiger partial charge in [-0.25, -0.2) is 4.98 Å². The van der Waals surface area contributed by atoms with E-state index in [0.29, 0.717) is 29.7 Å². The van der Waals surface area contributed by atoms with Crippen LogP contribution in [0.5, 0.6) is 0 Å². The maximum absolute atomic E-state index is 12.6. The second-order valence-electron chi connectivity index (χ2n) is 7.07. The molecule has 1 amide bonds. The molecule has 0 unspecified atom stereocenters. The van der Waals surface area contributed by atoms with Gasteiger partial charge in [0.15, 0.2) is 0 Å². The third-order valence-electron chi connectivity index (χ3n) is 5.08. The van der Waals surface area contributed by atoms with E-state index in [1.165, 1.54) is 0 Å². The largest absolute Gasteiger partial charge is 0.355 e. The van der Waals surface area contributed by atoms with E-state index >= 15 is 0 Å². The van der Waals surface area contributed by atoms with Gasteiger partial charge in [0.1, 0.15) is 5.82 Å². The van der Waals surface area contributed by atoms with Crippen LogP contribution in [0.15, 0.2) is 29.1 Å². The van der Waals surface area contributed by atoms with Crippen molar-refractivity contribution in [1.82, 2.24) is 20.2 Å². The van der Waals surface area contributed by atoms with Crippen LogP contribution < -0.4 is 10.9 Å². The number of likely N-dealkylation sites (tertiary alicyclic amines) is 1. The number of hydrogen-bond donors (Lipinski definition) is 2. The van der Waals surface area contributed by atoms with Crippen LogP contribution in [0.2, 0.25) is 0 Å². The summed E-state index contributed by atoms with van der Waals surface area (Å²) in [5.74, 6) is 0.696. The van der Waals surface area contributed by atoms with Crippen LogP contribution in [-0.4, -0.2) is 47.0 Å². The average Bonchev–Trinajstić information content (AvgIpc) is 2.61. The Morgan fingerprint density at radius 2 is 2.20 bits per heavy atom. The lowest BCUT2D eigenvalue weighted by molar-refractivity contribution is -0.133. The molecule has 1 atom stereocenters. The highest BCUT2D eigenvalue weighted by Gasteiger charge is 2.37. The molecule has 2 N–H and O–H groups in total. The van der Waals surface area contributed by atoms with Crippen molar-refractivity contribution in [3.8, 4) is 0 Å². The van der Waals surface area contributed by atoms with E-state index in [0.717, 1.165) is 32.5 Å². The molecule has 6 nitrogen and oxygen atoms in total. The molecular weight excluding hydrogens is 316 g/mol. The number of carbonyl (C=O) groups excluding carboxylic acids is 1. The van der Waals surface area contributed by atoms with Gasteiger partial charge in [-0.2, -0.15) is 0 Å². The number of para-hydroxylation sites is 1. The van der Waals surface area contributed by atoms with Crippen LogP contribution in [0.4, 0.5) is 0 Å². The van der Waals surface area contributed by atoms with Crippen LogP contribution in [0.3, 0.4) is 0 Å². The zero-order valence-electron chi connectivity index (χ0n) is 15.0. The fraction of sp³-hybridized carbons (Fsp3) is 0.526. The van der Waals surface area contributed by atoms with E-state index in [1.807, 2.05) is 25.1 Å². The summed E-state index contributed by atoms with van der Waals surface area (Å²) in [5.41, 5.74) is 0.216. The van der Waals surface area contributed by atoms with Crippen LogP contribution >= 0.6 is 0 Å². The summed E-state index contributed by atoms with van der Waals surface area (Å²) in [7, 11) is 0. The zero-order chi connectivity index (χ0) is 17.9. The fourth-order valence-electron chi connectivity index (χ4n) is 3.56. The Labute approximate surface area is 147 Å². The van der Waals surface area contributed by atoms with Crippen molar-refractivity contribution in [2.24, 2.45) is 5.41 Å². The lowest BCUT2D eigenvalue weighted by Crippen LogP contribution is -2.50. The van der Waals surface area contributed by atoms with Crippen LogP contribution in [0.1, 0.15) is 32.5 Å². The molecule has 134 valence electrons. The summed E-state index contributed by atoms with van der Waals surface area (Å²) in [6.07, 6.45) is 2.48. The number of piperidine rings is 1. The number of aromatic amines is 1. The molecule has 1 fully saturated rings. The number of hydrogen-bond acceptors (Lipinski definition) is 4. The Kier molecular flexibility index (Phi) is 5.18. The number of amides is 1. The molecule has 2 aromatic rings. The van der Waals surface area contributed by atoms with Gasteiger partial charge in [0.2, 0.25) is 5.91 Å². The summed E-state index contributed by atoms with van der Waals surface area (Å²) in [6.45, 7) is 7.50. The molecular formula is C19H26N4O2. The molecule has 1 aromatic heterocycles. The van der Waals surface area contributed by atoms with E-state index in [4.69, 9.17) is 0 Å². The van der Waals surface area contributed by atoms with Crippen molar-refractivity contribution in [2.45, 2.75) is 33.1 Å². The molecule has 1 saturated heterocycles. The third-order valence-corrected chi connectivity index (χ3v) is 5.08. The minimum Gasteiger partial charge on any atom is -0.355 e.